The Bertz CT molecular complexity index is 1250. The fraction of sp³-hybridized carbons (Fsp3) is 0.500. The summed E-state index contributed by atoms with van der Waals surface area (Å²) in [7, 11) is 0. The number of halogens is 2. The van der Waals surface area contributed by atoms with E-state index in [9.17, 15) is 14.6 Å². The Morgan fingerprint density at radius 3 is 2.60 bits per heavy atom. The summed E-state index contributed by atoms with van der Waals surface area (Å²) in [6.07, 6.45) is 5.56. The van der Waals surface area contributed by atoms with Crippen molar-refractivity contribution in [2.75, 3.05) is 18.5 Å². The first-order valence-electron chi connectivity index (χ1n) is 12.2. The largest absolute Gasteiger partial charge is 0.389 e. The molecule has 1 saturated heterocycles. The molecule has 2 fully saturated rings. The lowest BCUT2D eigenvalue weighted by Crippen LogP contribution is -2.42. The average molecular weight is 485 g/mol. The molecule has 0 spiro atoms. The summed E-state index contributed by atoms with van der Waals surface area (Å²) in [5.41, 5.74) is 0.927. The number of aliphatic hydroxyl groups excluding tert-OH is 1. The number of ether oxygens (including phenoxy) is 1. The molecule has 3 N–H and O–H groups in total. The zero-order valence-corrected chi connectivity index (χ0v) is 19.9. The van der Waals surface area contributed by atoms with Gasteiger partial charge in [0.1, 0.15) is 17.0 Å². The molecule has 1 aliphatic heterocycles. The number of nitrogens with zero attached hydrogens (tertiary/aromatic N) is 3. The van der Waals surface area contributed by atoms with Crippen molar-refractivity contribution in [1.82, 2.24) is 15.0 Å². The van der Waals surface area contributed by atoms with Gasteiger partial charge in [-0.25, -0.2) is 18.7 Å². The van der Waals surface area contributed by atoms with Crippen LogP contribution in [0.5, 0.6) is 0 Å². The second kappa shape index (κ2) is 9.37. The minimum Gasteiger partial charge on any atom is -0.389 e. The number of pyridine rings is 1. The molecule has 7 nitrogen and oxygen atoms in total. The summed E-state index contributed by atoms with van der Waals surface area (Å²) in [6, 6.07) is 2.59. The van der Waals surface area contributed by atoms with E-state index in [2.05, 4.69) is 20.3 Å². The molecule has 9 heteroatoms. The number of anilines is 1. The highest BCUT2D eigenvalue weighted by Gasteiger charge is 2.36. The standard InChI is InChI=1S/C26H30F2N4O3/c1-14(2)22-16-9-15(10-18(27)24(16)29-11-17(22)26(34)6-3-4-7-26)23-19(28)12-30-25(32-23)31-20-5-8-35-13-21(20)33/h9-12,14,20-21,33-34H,3-8,13H2,1-2H3,(H,30,31,32)/t20-,21-/m1/s1. The highest BCUT2D eigenvalue weighted by atomic mass is 19.1. The van der Waals surface area contributed by atoms with Crippen LogP contribution in [0.15, 0.2) is 24.5 Å². The minimum atomic E-state index is -0.991. The van der Waals surface area contributed by atoms with Crippen molar-refractivity contribution in [2.45, 2.75) is 69.6 Å². The van der Waals surface area contributed by atoms with Crippen molar-refractivity contribution in [2.24, 2.45) is 0 Å². The summed E-state index contributed by atoms with van der Waals surface area (Å²) >= 11 is 0. The van der Waals surface area contributed by atoms with Crippen LogP contribution in [0.3, 0.4) is 0 Å². The second-order valence-electron chi connectivity index (χ2n) is 9.91. The number of aliphatic hydroxyl groups is 2. The highest BCUT2D eigenvalue weighted by Crippen LogP contribution is 2.44. The molecular weight excluding hydrogens is 454 g/mol. The normalized spacial score (nSPS) is 22.1. The molecule has 5 rings (SSSR count). The Morgan fingerprint density at radius 1 is 1.11 bits per heavy atom. The fourth-order valence-electron chi connectivity index (χ4n) is 5.33. The summed E-state index contributed by atoms with van der Waals surface area (Å²) in [6.45, 7) is 4.67. The quantitative estimate of drug-likeness (QED) is 0.493. The van der Waals surface area contributed by atoms with Gasteiger partial charge in [0.15, 0.2) is 5.82 Å². The van der Waals surface area contributed by atoms with Gasteiger partial charge >= 0.3 is 0 Å². The number of nitrogens with one attached hydrogen (secondary N) is 1. The van der Waals surface area contributed by atoms with E-state index < -0.39 is 23.3 Å². The van der Waals surface area contributed by atoms with Gasteiger partial charge in [-0.15, -0.1) is 0 Å². The van der Waals surface area contributed by atoms with Crippen LogP contribution in [0.1, 0.15) is 63.0 Å². The van der Waals surface area contributed by atoms with Crippen molar-refractivity contribution >= 4 is 16.9 Å². The molecule has 0 bridgehead atoms. The van der Waals surface area contributed by atoms with E-state index in [1.807, 2.05) is 13.8 Å². The lowest BCUT2D eigenvalue weighted by Gasteiger charge is -2.28. The SMILES string of the molecule is CC(C)c1c(C2(O)CCCC2)cnc2c(F)cc(-c3nc(N[C@@H]4CCOC[C@H]4O)ncc3F)cc12. The smallest absolute Gasteiger partial charge is 0.223 e. The second-order valence-corrected chi connectivity index (χ2v) is 9.91. The van der Waals surface area contributed by atoms with Gasteiger partial charge in [-0.05, 0) is 42.9 Å². The number of rotatable bonds is 5. The Balaban J connectivity index is 1.61. The van der Waals surface area contributed by atoms with Crippen molar-refractivity contribution in [3.63, 3.8) is 0 Å². The van der Waals surface area contributed by atoms with Crippen LogP contribution in [0.25, 0.3) is 22.2 Å². The highest BCUT2D eigenvalue weighted by molar-refractivity contribution is 5.88. The summed E-state index contributed by atoms with van der Waals surface area (Å²) in [4.78, 5) is 12.7. The monoisotopic (exact) mass is 484 g/mol. The van der Waals surface area contributed by atoms with Gasteiger partial charge in [-0.1, -0.05) is 26.7 Å². The van der Waals surface area contributed by atoms with Gasteiger partial charge in [0.05, 0.1) is 30.6 Å². The van der Waals surface area contributed by atoms with Gasteiger partial charge in [0.25, 0.3) is 0 Å². The average Bonchev–Trinajstić information content (AvgIpc) is 3.28. The molecule has 35 heavy (non-hydrogen) atoms. The first kappa shape index (κ1) is 24.0. The van der Waals surface area contributed by atoms with Crippen LogP contribution in [0, 0.1) is 11.6 Å². The van der Waals surface area contributed by atoms with Crippen molar-refractivity contribution in [3.05, 3.63) is 47.3 Å². The van der Waals surface area contributed by atoms with Gasteiger partial charge in [0, 0.05) is 29.3 Å². The Morgan fingerprint density at radius 2 is 1.89 bits per heavy atom. The van der Waals surface area contributed by atoms with Gasteiger partial charge in [-0.2, -0.15) is 0 Å². The molecule has 3 aromatic rings. The molecule has 3 heterocycles. The fourth-order valence-corrected chi connectivity index (χ4v) is 5.33. The van der Waals surface area contributed by atoms with Crippen molar-refractivity contribution in [3.8, 4) is 11.3 Å². The van der Waals surface area contributed by atoms with Crippen LogP contribution in [0.4, 0.5) is 14.7 Å². The molecule has 0 amide bonds. The number of benzene rings is 1. The molecule has 0 radical (unpaired) electrons. The number of hydrogen-bond acceptors (Lipinski definition) is 7. The molecule has 1 aromatic carbocycles. The summed E-state index contributed by atoms with van der Waals surface area (Å²) in [5.74, 6) is -1.15. The molecule has 0 unspecified atom stereocenters. The molecule has 1 saturated carbocycles. The predicted octanol–water partition coefficient (Wildman–Crippen LogP) is 4.42. The zero-order valence-electron chi connectivity index (χ0n) is 19.9. The first-order chi connectivity index (χ1) is 16.8. The van der Waals surface area contributed by atoms with Crippen molar-refractivity contribution < 1.29 is 23.7 Å². The van der Waals surface area contributed by atoms with E-state index in [1.165, 1.54) is 6.07 Å². The van der Waals surface area contributed by atoms with Crippen LogP contribution >= 0.6 is 0 Å². The Kier molecular flexibility index (Phi) is 6.41. The number of aromatic nitrogens is 3. The molecule has 2 aromatic heterocycles. The third-order valence-corrected chi connectivity index (χ3v) is 7.13. The van der Waals surface area contributed by atoms with E-state index in [0.717, 1.165) is 24.6 Å². The lowest BCUT2D eigenvalue weighted by molar-refractivity contribution is -0.0136. The minimum absolute atomic E-state index is 0.0164. The van der Waals surface area contributed by atoms with Gasteiger partial charge in [0.2, 0.25) is 5.95 Å². The maximum Gasteiger partial charge on any atom is 0.223 e. The topological polar surface area (TPSA) is 100 Å². The molecule has 1 aliphatic carbocycles. The van der Waals surface area contributed by atoms with Gasteiger partial charge < -0.3 is 20.3 Å². The van der Waals surface area contributed by atoms with E-state index in [-0.39, 0.29) is 41.3 Å². The van der Waals surface area contributed by atoms with E-state index >= 15 is 4.39 Å². The number of fused-ring (bicyclic) bond motifs is 1. The van der Waals surface area contributed by atoms with E-state index in [0.29, 0.717) is 36.8 Å². The summed E-state index contributed by atoms with van der Waals surface area (Å²) in [5, 5.41) is 25.0. The third kappa shape index (κ3) is 4.48. The first-order valence-corrected chi connectivity index (χ1v) is 12.2. The van der Waals surface area contributed by atoms with Gasteiger partial charge in [-0.3, -0.25) is 4.98 Å². The zero-order chi connectivity index (χ0) is 24.7. The molecule has 2 atom stereocenters. The van der Waals surface area contributed by atoms with Crippen LogP contribution in [-0.4, -0.2) is 50.5 Å². The maximum atomic E-state index is 15.3. The lowest BCUT2D eigenvalue weighted by atomic mass is 9.83. The van der Waals surface area contributed by atoms with E-state index in [1.54, 1.807) is 12.3 Å². The van der Waals surface area contributed by atoms with Crippen LogP contribution < -0.4 is 5.32 Å². The van der Waals surface area contributed by atoms with E-state index in [4.69, 9.17) is 4.74 Å². The predicted molar refractivity (Wildman–Crippen MR) is 128 cm³/mol. The summed E-state index contributed by atoms with van der Waals surface area (Å²) < 4.78 is 35.4. The third-order valence-electron chi connectivity index (χ3n) is 7.13. The van der Waals surface area contributed by atoms with Crippen molar-refractivity contribution in [1.29, 1.82) is 0 Å². The van der Waals surface area contributed by atoms with Crippen LogP contribution in [0.2, 0.25) is 0 Å². The van der Waals surface area contributed by atoms with Crippen LogP contribution in [-0.2, 0) is 10.3 Å². The molecular formula is C26H30F2N4O3. The molecule has 2 aliphatic rings. The Hall–Kier alpha value is -2.75. The Labute approximate surface area is 202 Å². The maximum absolute atomic E-state index is 15.3. The molecule has 186 valence electrons. The number of hydrogen-bond donors (Lipinski definition) is 3.